The molecule has 118 valence electrons. The SMILES string of the molecule is N#Cc1c(F)cccc1N1CCN(c2cc(Cl)nc(N)n2)CC1. The number of halogens is 2. The smallest absolute Gasteiger partial charge is 0.223 e. The average molecular weight is 333 g/mol. The van der Waals surface area contributed by atoms with E-state index in [9.17, 15) is 4.39 Å². The van der Waals surface area contributed by atoms with Gasteiger partial charge in [0.25, 0.3) is 0 Å². The van der Waals surface area contributed by atoms with Crippen LogP contribution >= 0.6 is 11.6 Å². The Hall–Kier alpha value is -2.59. The third-order valence-electron chi connectivity index (χ3n) is 3.75. The molecular weight excluding hydrogens is 319 g/mol. The van der Waals surface area contributed by atoms with Crippen molar-refractivity contribution >= 4 is 29.1 Å². The lowest BCUT2D eigenvalue weighted by Crippen LogP contribution is -2.47. The lowest BCUT2D eigenvalue weighted by Gasteiger charge is -2.37. The highest BCUT2D eigenvalue weighted by Crippen LogP contribution is 2.25. The summed E-state index contributed by atoms with van der Waals surface area (Å²) in [6, 6.07) is 8.27. The molecule has 23 heavy (non-hydrogen) atoms. The van der Waals surface area contributed by atoms with Crippen molar-refractivity contribution < 1.29 is 4.39 Å². The van der Waals surface area contributed by atoms with Crippen LogP contribution in [0.5, 0.6) is 0 Å². The van der Waals surface area contributed by atoms with Gasteiger partial charge in [0.1, 0.15) is 28.4 Å². The van der Waals surface area contributed by atoms with Gasteiger partial charge in [-0.3, -0.25) is 0 Å². The van der Waals surface area contributed by atoms with Crippen LogP contribution in [0.1, 0.15) is 5.56 Å². The van der Waals surface area contributed by atoms with Gasteiger partial charge in [-0.2, -0.15) is 10.2 Å². The first-order valence-electron chi connectivity index (χ1n) is 7.07. The zero-order valence-electron chi connectivity index (χ0n) is 12.2. The second-order valence-electron chi connectivity index (χ2n) is 5.13. The summed E-state index contributed by atoms with van der Waals surface area (Å²) in [5, 5.41) is 9.45. The van der Waals surface area contributed by atoms with Crippen LogP contribution in [0.25, 0.3) is 0 Å². The number of nitrogens with zero attached hydrogens (tertiary/aromatic N) is 5. The molecule has 0 saturated carbocycles. The van der Waals surface area contributed by atoms with Gasteiger partial charge in [0, 0.05) is 32.2 Å². The first-order valence-corrected chi connectivity index (χ1v) is 7.45. The van der Waals surface area contributed by atoms with E-state index >= 15 is 0 Å². The van der Waals surface area contributed by atoms with Gasteiger partial charge >= 0.3 is 0 Å². The molecule has 0 radical (unpaired) electrons. The van der Waals surface area contributed by atoms with Crippen molar-refractivity contribution in [1.82, 2.24) is 9.97 Å². The zero-order valence-corrected chi connectivity index (χ0v) is 13.0. The van der Waals surface area contributed by atoms with Crippen molar-refractivity contribution in [3.8, 4) is 6.07 Å². The summed E-state index contributed by atoms with van der Waals surface area (Å²) in [6.07, 6.45) is 0. The van der Waals surface area contributed by atoms with Crippen molar-refractivity contribution in [3.05, 3.63) is 40.8 Å². The van der Waals surface area contributed by atoms with Crippen LogP contribution < -0.4 is 15.5 Å². The van der Waals surface area contributed by atoms with Gasteiger partial charge in [-0.1, -0.05) is 17.7 Å². The minimum atomic E-state index is -0.497. The summed E-state index contributed by atoms with van der Waals surface area (Å²) in [7, 11) is 0. The highest BCUT2D eigenvalue weighted by Gasteiger charge is 2.22. The van der Waals surface area contributed by atoms with Crippen molar-refractivity contribution in [3.63, 3.8) is 0 Å². The minimum absolute atomic E-state index is 0.0790. The fourth-order valence-electron chi connectivity index (χ4n) is 2.65. The lowest BCUT2D eigenvalue weighted by molar-refractivity contribution is 0.615. The number of anilines is 3. The molecule has 0 atom stereocenters. The molecular formula is C15H14ClFN6. The van der Waals surface area contributed by atoms with Gasteiger partial charge in [-0.25, -0.2) is 9.37 Å². The van der Waals surface area contributed by atoms with Gasteiger partial charge in [-0.05, 0) is 12.1 Å². The third kappa shape index (κ3) is 3.12. The molecule has 8 heteroatoms. The van der Waals surface area contributed by atoms with E-state index < -0.39 is 5.82 Å². The maximum absolute atomic E-state index is 13.7. The molecule has 2 aromatic rings. The first-order chi connectivity index (χ1) is 11.1. The van der Waals surface area contributed by atoms with Crippen LogP contribution in [0.3, 0.4) is 0 Å². The second-order valence-corrected chi connectivity index (χ2v) is 5.51. The molecule has 0 aliphatic carbocycles. The normalized spacial score (nSPS) is 14.7. The number of nitrogen functional groups attached to an aromatic ring is 1. The topological polar surface area (TPSA) is 82.1 Å². The molecule has 2 heterocycles. The summed E-state index contributed by atoms with van der Waals surface area (Å²) in [4.78, 5) is 12.0. The Kier molecular flexibility index (Phi) is 4.17. The van der Waals surface area contributed by atoms with Gasteiger partial charge in [-0.15, -0.1) is 0 Å². The molecule has 0 bridgehead atoms. The zero-order chi connectivity index (χ0) is 16.4. The van der Waals surface area contributed by atoms with Crippen LogP contribution in [0.15, 0.2) is 24.3 Å². The van der Waals surface area contributed by atoms with Crippen LogP contribution in [0, 0.1) is 17.1 Å². The maximum atomic E-state index is 13.7. The predicted molar refractivity (Wildman–Crippen MR) is 87.0 cm³/mol. The highest BCUT2D eigenvalue weighted by molar-refractivity contribution is 6.29. The molecule has 1 aromatic carbocycles. The van der Waals surface area contributed by atoms with E-state index in [4.69, 9.17) is 22.6 Å². The van der Waals surface area contributed by atoms with E-state index in [2.05, 4.69) is 9.97 Å². The number of hydrogen-bond acceptors (Lipinski definition) is 6. The number of piperazine rings is 1. The lowest BCUT2D eigenvalue weighted by atomic mass is 10.1. The van der Waals surface area contributed by atoms with Crippen LogP contribution in [-0.4, -0.2) is 36.1 Å². The molecule has 0 unspecified atom stereocenters. The largest absolute Gasteiger partial charge is 0.368 e. The summed E-state index contributed by atoms with van der Waals surface area (Å²) in [6.45, 7) is 2.60. The average Bonchev–Trinajstić information content (AvgIpc) is 2.54. The standard InChI is InChI=1S/C15H14ClFN6/c16-13-8-14(21-15(19)20-13)23-6-4-22(5-7-23)12-3-1-2-11(17)10(12)9-18/h1-3,8H,4-7H2,(H2,19,20,21). The van der Waals surface area contributed by atoms with Crippen LogP contribution in [-0.2, 0) is 0 Å². The van der Waals surface area contributed by atoms with E-state index in [1.54, 1.807) is 18.2 Å². The molecule has 3 rings (SSSR count). The van der Waals surface area contributed by atoms with Gasteiger partial charge in [0.15, 0.2) is 0 Å². The highest BCUT2D eigenvalue weighted by atomic mass is 35.5. The van der Waals surface area contributed by atoms with E-state index in [1.807, 2.05) is 15.9 Å². The fraction of sp³-hybridized carbons (Fsp3) is 0.267. The molecule has 1 aliphatic heterocycles. The number of aromatic nitrogens is 2. The summed E-state index contributed by atoms with van der Waals surface area (Å²) >= 11 is 5.90. The number of hydrogen-bond donors (Lipinski definition) is 1. The molecule has 1 aromatic heterocycles. The van der Waals surface area contributed by atoms with E-state index in [0.29, 0.717) is 42.8 Å². The Bertz CT molecular complexity index is 747. The van der Waals surface area contributed by atoms with E-state index in [1.165, 1.54) is 6.07 Å². The fourth-order valence-corrected chi connectivity index (χ4v) is 2.83. The molecule has 2 N–H and O–H groups in total. The molecule has 1 fully saturated rings. The van der Waals surface area contributed by atoms with Gasteiger partial charge < -0.3 is 15.5 Å². The quantitative estimate of drug-likeness (QED) is 0.848. The Balaban J connectivity index is 1.77. The van der Waals surface area contributed by atoms with Gasteiger partial charge in [0.05, 0.1) is 5.69 Å². The Labute approximate surface area is 137 Å². The van der Waals surface area contributed by atoms with Crippen LogP contribution in [0.2, 0.25) is 5.15 Å². The van der Waals surface area contributed by atoms with Crippen molar-refractivity contribution in [2.45, 2.75) is 0 Å². The number of nitrogens with two attached hydrogens (primary N) is 1. The third-order valence-corrected chi connectivity index (χ3v) is 3.94. The molecule has 6 nitrogen and oxygen atoms in total. The van der Waals surface area contributed by atoms with Gasteiger partial charge in [0.2, 0.25) is 5.95 Å². The molecule has 0 amide bonds. The Morgan fingerprint density at radius 1 is 1.17 bits per heavy atom. The number of benzene rings is 1. The summed E-state index contributed by atoms with van der Waals surface area (Å²) < 4.78 is 13.7. The van der Waals surface area contributed by atoms with Crippen LogP contribution in [0.4, 0.5) is 21.8 Å². The van der Waals surface area contributed by atoms with E-state index in [0.717, 1.165) is 0 Å². The van der Waals surface area contributed by atoms with E-state index in [-0.39, 0.29) is 11.5 Å². The van der Waals surface area contributed by atoms with Crippen molar-refractivity contribution in [1.29, 1.82) is 5.26 Å². The minimum Gasteiger partial charge on any atom is -0.368 e. The van der Waals surface area contributed by atoms with Crippen molar-refractivity contribution in [2.75, 3.05) is 41.7 Å². The number of nitriles is 1. The second kappa shape index (κ2) is 6.26. The van der Waals surface area contributed by atoms with Crippen molar-refractivity contribution in [2.24, 2.45) is 0 Å². The first kappa shape index (κ1) is 15.3. The number of rotatable bonds is 2. The maximum Gasteiger partial charge on any atom is 0.223 e. The molecule has 0 spiro atoms. The molecule has 1 saturated heterocycles. The summed E-state index contributed by atoms with van der Waals surface area (Å²) in [5.41, 5.74) is 6.31. The monoisotopic (exact) mass is 332 g/mol. The molecule has 1 aliphatic rings. The Morgan fingerprint density at radius 2 is 1.87 bits per heavy atom. The predicted octanol–water partition coefficient (Wildman–Crippen LogP) is 2.05. The summed E-state index contributed by atoms with van der Waals surface area (Å²) in [5.74, 6) is 0.302. The Morgan fingerprint density at radius 3 is 2.52 bits per heavy atom.